The lowest BCUT2D eigenvalue weighted by Gasteiger charge is -1.92. The Morgan fingerprint density at radius 2 is 1.60 bits per heavy atom. The van der Waals surface area contributed by atoms with Crippen molar-refractivity contribution in [2.75, 3.05) is 0 Å². The van der Waals surface area contributed by atoms with Gasteiger partial charge < -0.3 is 0 Å². The number of hydrogen-bond donors (Lipinski definition) is 0. The highest BCUT2D eigenvalue weighted by Gasteiger charge is 1.92. The molecule has 1 aromatic carbocycles. The molecule has 0 spiro atoms. The van der Waals surface area contributed by atoms with Crippen LogP contribution in [0.15, 0.2) is 44.7 Å². The molecule has 0 aliphatic carbocycles. The first-order chi connectivity index (χ1) is 7.24. The fraction of sp³-hybridized carbons (Fsp3) is 0. The molecule has 0 radical (unpaired) electrons. The Balaban J connectivity index is 2.14. The van der Waals surface area contributed by atoms with Crippen molar-refractivity contribution in [2.24, 2.45) is 0 Å². The van der Waals surface area contributed by atoms with Crippen molar-refractivity contribution >= 4 is 55.3 Å². The summed E-state index contributed by atoms with van der Waals surface area (Å²) >= 11 is 8.59. The van der Waals surface area contributed by atoms with E-state index in [4.69, 9.17) is 0 Å². The summed E-state index contributed by atoms with van der Waals surface area (Å²) in [6, 6.07) is 12.4. The molecule has 0 amide bonds. The Morgan fingerprint density at radius 3 is 2.20 bits per heavy atom. The fourth-order valence-corrected chi connectivity index (χ4v) is 2.76. The van der Waals surface area contributed by atoms with Gasteiger partial charge in [-0.25, -0.2) is 0 Å². The molecule has 2 rings (SSSR count). The average Bonchev–Trinajstić information content (AvgIpc) is 2.64. The molecule has 0 unspecified atom stereocenters. The van der Waals surface area contributed by atoms with Crippen LogP contribution in [0.3, 0.4) is 0 Å². The number of thiophene rings is 1. The molecule has 2 aromatic rings. The van der Waals surface area contributed by atoms with E-state index in [2.05, 4.69) is 68.3 Å². The van der Waals surface area contributed by atoms with Gasteiger partial charge in [0.15, 0.2) is 0 Å². The molecular weight excluding hydrogens is 336 g/mol. The molecule has 76 valence electrons. The predicted molar refractivity (Wildman–Crippen MR) is 75.1 cm³/mol. The van der Waals surface area contributed by atoms with E-state index in [1.807, 2.05) is 12.1 Å². The third-order valence-corrected chi connectivity index (χ3v) is 4.02. The lowest BCUT2D eigenvalue weighted by Crippen LogP contribution is -1.69. The SMILES string of the molecule is Brc1ccc(/C=C/c2ccc(Br)s2)cc1. The van der Waals surface area contributed by atoms with Gasteiger partial charge in [0, 0.05) is 9.35 Å². The first-order valence-electron chi connectivity index (χ1n) is 4.43. The number of halogens is 2. The van der Waals surface area contributed by atoms with Crippen LogP contribution in [0, 0.1) is 0 Å². The van der Waals surface area contributed by atoms with Gasteiger partial charge in [0.25, 0.3) is 0 Å². The van der Waals surface area contributed by atoms with Gasteiger partial charge in [-0.1, -0.05) is 34.1 Å². The standard InChI is InChI=1S/C12H8Br2S/c13-10-4-1-9(2-5-10)3-6-11-7-8-12(14)15-11/h1-8H/b6-3+. The summed E-state index contributed by atoms with van der Waals surface area (Å²) in [5.74, 6) is 0. The molecule has 0 saturated carbocycles. The molecule has 0 bridgehead atoms. The number of hydrogen-bond acceptors (Lipinski definition) is 1. The van der Waals surface area contributed by atoms with E-state index in [0.29, 0.717) is 0 Å². The average molecular weight is 344 g/mol. The summed E-state index contributed by atoms with van der Waals surface area (Å²) < 4.78 is 2.27. The third kappa shape index (κ3) is 3.30. The minimum Gasteiger partial charge on any atom is -0.129 e. The summed E-state index contributed by atoms with van der Waals surface area (Å²) in [5.41, 5.74) is 1.21. The highest BCUT2D eigenvalue weighted by Crippen LogP contribution is 2.23. The van der Waals surface area contributed by atoms with Gasteiger partial charge in [-0.05, 0) is 51.8 Å². The van der Waals surface area contributed by atoms with Crippen molar-refractivity contribution in [3.63, 3.8) is 0 Å². The van der Waals surface area contributed by atoms with Crippen LogP contribution in [0.5, 0.6) is 0 Å². The minimum atomic E-state index is 1.11. The van der Waals surface area contributed by atoms with Crippen LogP contribution in [-0.2, 0) is 0 Å². The molecule has 0 atom stereocenters. The van der Waals surface area contributed by atoms with Crippen molar-refractivity contribution < 1.29 is 0 Å². The van der Waals surface area contributed by atoms with E-state index in [-0.39, 0.29) is 0 Å². The molecule has 0 fully saturated rings. The monoisotopic (exact) mass is 342 g/mol. The normalized spacial score (nSPS) is 11.1. The molecule has 1 heterocycles. The lowest BCUT2D eigenvalue weighted by molar-refractivity contribution is 1.62. The first-order valence-corrected chi connectivity index (χ1v) is 6.83. The Bertz CT molecular complexity index is 469. The zero-order valence-corrected chi connectivity index (χ0v) is 11.8. The first kappa shape index (κ1) is 11.1. The van der Waals surface area contributed by atoms with Crippen molar-refractivity contribution in [3.05, 3.63) is 55.1 Å². The van der Waals surface area contributed by atoms with Crippen molar-refractivity contribution in [1.82, 2.24) is 0 Å². The van der Waals surface area contributed by atoms with Crippen LogP contribution in [0.1, 0.15) is 10.4 Å². The molecule has 0 aliphatic rings. The summed E-state index contributed by atoms with van der Waals surface area (Å²) in [4.78, 5) is 1.25. The largest absolute Gasteiger partial charge is 0.129 e. The highest BCUT2D eigenvalue weighted by molar-refractivity contribution is 9.11. The van der Waals surface area contributed by atoms with E-state index in [0.717, 1.165) is 8.26 Å². The van der Waals surface area contributed by atoms with Crippen LogP contribution >= 0.6 is 43.2 Å². The number of benzene rings is 1. The molecule has 0 aliphatic heterocycles. The second-order valence-electron chi connectivity index (χ2n) is 3.03. The summed E-state index contributed by atoms with van der Waals surface area (Å²) in [6.45, 7) is 0. The minimum absolute atomic E-state index is 1.11. The quantitative estimate of drug-likeness (QED) is 0.680. The van der Waals surface area contributed by atoms with Crippen LogP contribution < -0.4 is 0 Å². The maximum Gasteiger partial charge on any atom is 0.0704 e. The highest BCUT2D eigenvalue weighted by atomic mass is 79.9. The van der Waals surface area contributed by atoms with Crippen molar-refractivity contribution in [2.45, 2.75) is 0 Å². The van der Waals surface area contributed by atoms with Crippen molar-refractivity contribution in [1.29, 1.82) is 0 Å². The second-order valence-corrected chi connectivity index (χ2v) is 6.44. The van der Waals surface area contributed by atoms with Crippen LogP contribution in [-0.4, -0.2) is 0 Å². The van der Waals surface area contributed by atoms with Crippen LogP contribution in [0.2, 0.25) is 0 Å². The molecular formula is C12H8Br2S. The Kier molecular flexibility index (Phi) is 3.78. The van der Waals surface area contributed by atoms with E-state index in [1.54, 1.807) is 11.3 Å². The predicted octanol–water partition coefficient (Wildman–Crippen LogP) is 5.44. The Labute approximate surface area is 110 Å². The topological polar surface area (TPSA) is 0 Å². The molecule has 3 heteroatoms. The second kappa shape index (κ2) is 5.10. The van der Waals surface area contributed by atoms with Crippen molar-refractivity contribution in [3.8, 4) is 0 Å². The lowest BCUT2D eigenvalue weighted by atomic mass is 10.2. The summed E-state index contributed by atoms with van der Waals surface area (Å²) in [7, 11) is 0. The van der Waals surface area contributed by atoms with Gasteiger partial charge in [0.05, 0.1) is 3.79 Å². The van der Waals surface area contributed by atoms with Gasteiger partial charge in [-0.3, -0.25) is 0 Å². The van der Waals surface area contributed by atoms with E-state index in [1.165, 1.54) is 10.4 Å². The molecule has 0 saturated heterocycles. The maximum absolute atomic E-state index is 3.45. The zero-order chi connectivity index (χ0) is 10.7. The maximum atomic E-state index is 3.45. The van der Waals surface area contributed by atoms with Crippen LogP contribution in [0.25, 0.3) is 12.2 Å². The van der Waals surface area contributed by atoms with Gasteiger partial charge in [0.2, 0.25) is 0 Å². The summed E-state index contributed by atoms with van der Waals surface area (Å²) in [5, 5.41) is 0. The molecule has 1 aromatic heterocycles. The van der Waals surface area contributed by atoms with Gasteiger partial charge in [0.1, 0.15) is 0 Å². The van der Waals surface area contributed by atoms with E-state index >= 15 is 0 Å². The summed E-state index contributed by atoms with van der Waals surface area (Å²) in [6.07, 6.45) is 4.24. The Morgan fingerprint density at radius 1 is 0.867 bits per heavy atom. The molecule has 0 N–H and O–H groups in total. The smallest absolute Gasteiger partial charge is 0.0704 e. The Hall–Kier alpha value is -0.380. The van der Waals surface area contributed by atoms with E-state index in [9.17, 15) is 0 Å². The molecule has 15 heavy (non-hydrogen) atoms. The van der Waals surface area contributed by atoms with Gasteiger partial charge >= 0.3 is 0 Å². The number of rotatable bonds is 2. The zero-order valence-electron chi connectivity index (χ0n) is 7.78. The fourth-order valence-electron chi connectivity index (χ4n) is 1.17. The van der Waals surface area contributed by atoms with Gasteiger partial charge in [-0.15, -0.1) is 11.3 Å². The third-order valence-electron chi connectivity index (χ3n) is 1.90. The molecule has 0 nitrogen and oxygen atoms in total. The van der Waals surface area contributed by atoms with Crippen LogP contribution in [0.4, 0.5) is 0 Å². The van der Waals surface area contributed by atoms with E-state index < -0.39 is 0 Å². The van der Waals surface area contributed by atoms with Gasteiger partial charge in [-0.2, -0.15) is 0 Å².